The molecule has 6 aromatic rings. The number of para-hydroxylation sites is 2. The lowest BCUT2D eigenvalue weighted by Gasteiger charge is -2.29. The average molecular weight is 593 g/mol. The Morgan fingerprint density at radius 1 is 0.652 bits per heavy atom. The topological polar surface area (TPSA) is 54.1 Å². The van der Waals surface area contributed by atoms with Gasteiger partial charge >= 0.3 is 0 Å². The highest BCUT2D eigenvalue weighted by Gasteiger charge is 2.24. The third kappa shape index (κ3) is 4.89. The summed E-state index contributed by atoms with van der Waals surface area (Å²) in [7, 11) is 0. The van der Waals surface area contributed by atoms with E-state index < -0.39 is 0 Å². The van der Waals surface area contributed by atoms with Crippen LogP contribution in [0.1, 0.15) is 25.0 Å². The van der Waals surface area contributed by atoms with Crippen LogP contribution in [0.5, 0.6) is 0 Å². The normalized spacial score (nSPS) is 12.0. The fourth-order valence-electron chi connectivity index (χ4n) is 6.28. The largest absolute Gasteiger partial charge is 0.309 e. The van der Waals surface area contributed by atoms with Crippen LogP contribution in [0.2, 0.25) is 0 Å². The van der Waals surface area contributed by atoms with E-state index in [4.69, 9.17) is 0 Å². The second-order valence-electron chi connectivity index (χ2n) is 10.8. The molecule has 0 unspecified atom stereocenters. The predicted molar refractivity (Wildman–Crippen MR) is 194 cm³/mol. The summed E-state index contributed by atoms with van der Waals surface area (Å²) < 4.78 is 0. The van der Waals surface area contributed by atoms with Gasteiger partial charge in [0.25, 0.3) is 0 Å². The summed E-state index contributed by atoms with van der Waals surface area (Å²) in [4.78, 5) is 4.15. The van der Waals surface area contributed by atoms with Crippen molar-refractivity contribution in [3.05, 3.63) is 169 Å². The first kappa shape index (κ1) is 29.7. The molecule has 0 aromatic heterocycles. The zero-order valence-electron chi connectivity index (χ0n) is 25.9. The van der Waals surface area contributed by atoms with E-state index in [0.717, 1.165) is 66.5 Å². The van der Waals surface area contributed by atoms with Crippen molar-refractivity contribution in [3.8, 4) is 12.1 Å². The van der Waals surface area contributed by atoms with Crippen molar-refractivity contribution in [2.75, 3.05) is 9.80 Å². The van der Waals surface area contributed by atoms with Gasteiger partial charge in [0.05, 0.1) is 22.5 Å². The number of allylic oxidation sites excluding steroid dienone is 6. The molecule has 4 heteroatoms. The zero-order chi connectivity index (χ0) is 32.2. The van der Waals surface area contributed by atoms with E-state index in [1.54, 1.807) is 12.2 Å². The average Bonchev–Trinajstić information content (AvgIpc) is 3.11. The molecule has 0 bridgehead atoms. The van der Waals surface area contributed by atoms with Crippen molar-refractivity contribution >= 4 is 55.1 Å². The van der Waals surface area contributed by atoms with Gasteiger partial charge in [-0.15, -0.1) is 0 Å². The summed E-state index contributed by atoms with van der Waals surface area (Å²) in [5.41, 5.74) is 6.20. The minimum Gasteiger partial charge on any atom is -0.309 e. The minimum absolute atomic E-state index is 0.536. The Bertz CT molecular complexity index is 2240. The second-order valence-corrected chi connectivity index (χ2v) is 10.8. The summed E-state index contributed by atoms with van der Waals surface area (Å²) in [6.07, 6.45) is 11.4. The Labute approximate surface area is 270 Å². The first-order chi connectivity index (χ1) is 22.6. The van der Waals surface area contributed by atoms with E-state index >= 15 is 0 Å². The fourth-order valence-corrected chi connectivity index (χ4v) is 6.28. The van der Waals surface area contributed by atoms with Gasteiger partial charge in [0, 0.05) is 33.5 Å². The molecule has 0 amide bonds. The molecule has 0 atom stereocenters. The van der Waals surface area contributed by atoms with E-state index in [0.29, 0.717) is 11.1 Å². The lowest BCUT2D eigenvalue weighted by atomic mass is 9.88. The van der Waals surface area contributed by atoms with Crippen LogP contribution in [0.15, 0.2) is 158 Å². The lowest BCUT2D eigenvalue weighted by molar-refractivity contribution is 1.14. The molecule has 4 nitrogen and oxygen atoms in total. The van der Waals surface area contributed by atoms with Gasteiger partial charge in [0.2, 0.25) is 0 Å². The number of anilines is 4. The maximum absolute atomic E-state index is 10.7. The summed E-state index contributed by atoms with van der Waals surface area (Å²) in [5, 5.41) is 27.0. The van der Waals surface area contributed by atoms with Crippen molar-refractivity contribution in [3.63, 3.8) is 0 Å². The fraction of sp³-hybridized carbons (Fsp3) is 0.0476. The highest BCUT2D eigenvalue weighted by molar-refractivity contribution is 6.27. The molecule has 6 rings (SSSR count). The van der Waals surface area contributed by atoms with E-state index in [-0.39, 0.29) is 0 Å². The number of hydrogen-bond donors (Lipinski definition) is 0. The van der Waals surface area contributed by atoms with Crippen molar-refractivity contribution in [1.82, 2.24) is 0 Å². The summed E-state index contributed by atoms with van der Waals surface area (Å²) in [6.45, 7) is 12.0. The quantitative estimate of drug-likeness (QED) is 0.124. The van der Waals surface area contributed by atoms with E-state index in [9.17, 15) is 10.5 Å². The molecule has 0 N–H and O–H groups in total. The van der Waals surface area contributed by atoms with Gasteiger partial charge in [-0.2, -0.15) is 10.5 Å². The standard InChI is InChI=1S/C42H32N4/c1-5-9-16-32(8-4)45(31(6-2)7-3)39-25-29-21-24-36-38(28-44)40(26-30-22-23-35(37(39)27-43)41(29)42(30)36)46(33-17-12-10-13-18-33)34-19-14-11-15-20-34/h5-26H,2,4H2,1,3H3/b9-5-,31-7+,32-16+. The Morgan fingerprint density at radius 3 is 1.61 bits per heavy atom. The van der Waals surface area contributed by atoms with Crippen molar-refractivity contribution in [2.24, 2.45) is 0 Å². The number of hydrogen-bond acceptors (Lipinski definition) is 4. The number of nitrogens with zero attached hydrogens (tertiary/aromatic N) is 4. The molecular formula is C42H32N4. The Kier molecular flexibility index (Phi) is 8.20. The molecule has 0 spiro atoms. The van der Waals surface area contributed by atoms with Crippen LogP contribution in [-0.2, 0) is 0 Å². The molecule has 0 aliphatic carbocycles. The molecule has 220 valence electrons. The van der Waals surface area contributed by atoms with Crippen molar-refractivity contribution in [2.45, 2.75) is 13.8 Å². The van der Waals surface area contributed by atoms with Gasteiger partial charge < -0.3 is 9.80 Å². The van der Waals surface area contributed by atoms with Gasteiger partial charge in [0.1, 0.15) is 12.1 Å². The van der Waals surface area contributed by atoms with Crippen LogP contribution < -0.4 is 9.80 Å². The maximum Gasteiger partial charge on any atom is 0.102 e. The molecule has 0 heterocycles. The highest BCUT2D eigenvalue weighted by atomic mass is 15.2. The van der Waals surface area contributed by atoms with Gasteiger partial charge in [-0.3, -0.25) is 0 Å². The maximum atomic E-state index is 10.7. The molecule has 0 saturated heterocycles. The Hall–Kier alpha value is -6.36. The number of rotatable bonds is 9. The smallest absolute Gasteiger partial charge is 0.102 e. The molecule has 0 saturated carbocycles. The molecule has 6 aromatic carbocycles. The predicted octanol–water partition coefficient (Wildman–Crippen LogP) is 11.3. The van der Waals surface area contributed by atoms with Gasteiger partial charge in [-0.25, -0.2) is 0 Å². The first-order valence-electron chi connectivity index (χ1n) is 15.1. The van der Waals surface area contributed by atoms with Gasteiger partial charge in [0.15, 0.2) is 0 Å². The van der Waals surface area contributed by atoms with E-state index in [2.05, 4.69) is 78.7 Å². The van der Waals surface area contributed by atoms with Crippen LogP contribution >= 0.6 is 0 Å². The van der Waals surface area contributed by atoms with Gasteiger partial charge in [-0.1, -0.05) is 92.0 Å². The molecule has 0 aliphatic heterocycles. The zero-order valence-corrected chi connectivity index (χ0v) is 25.9. The SMILES string of the molecule is C=C/C(=C\C)N(/C(C=C)=C/C=C\C)c1cc2ccc3c(C#N)c(N(c4ccccc4)c4ccccc4)cc4ccc(c1C#N)c2c43. The van der Waals surface area contributed by atoms with Crippen LogP contribution in [0.25, 0.3) is 32.3 Å². The lowest BCUT2D eigenvalue weighted by Crippen LogP contribution is -2.21. The Morgan fingerprint density at radius 2 is 1.15 bits per heavy atom. The van der Waals surface area contributed by atoms with Crippen molar-refractivity contribution in [1.29, 1.82) is 10.5 Å². The van der Waals surface area contributed by atoms with Crippen LogP contribution in [-0.4, -0.2) is 0 Å². The summed E-state index contributed by atoms with van der Waals surface area (Å²) in [6, 6.07) is 37.6. The monoisotopic (exact) mass is 592 g/mol. The molecular weight excluding hydrogens is 560 g/mol. The van der Waals surface area contributed by atoms with Crippen LogP contribution in [0.3, 0.4) is 0 Å². The van der Waals surface area contributed by atoms with Crippen LogP contribution in [0.4, 0.5) is 22.7 Å². The number of nitriles is 2. The molecule has 46 heavy (non-hydrogen) atoms. The molecule has 0 fully saturated rings. The summed E-state index contributed by atoms with van der Waals surface area (Å²) in [5.74, 6) is 0. The minimum atomic E-state index is 0.536. The van der Waals surface area contributed by atoms with Crippen molar-refractivity contribution < 1.29 is 0 Å². The molecule has 0 radical (unpaired) electrons. The third-order valence-electron chi connectivity index (χ3n) is 8.28. The summed E-state index contributed by atoms with van der Waals surface area (Å²) >= 11 is 0. The van der Waals surface area contributed by atoms with Crippen LogP contribution in [0, 0.1) is 22.7 Å². The van der Waals surface area contributed by atoms with Gasteiger partial charge in [-0.05, 0) is 90.0 Å². The van der Waals surface area contributed by atoms with E-state index in [1.807, 2.05) is 91.6 Å². The first-order valence-corrected chi connectivity index (χ1v) is 15.1. The number of benzene rings is 6. The molecule has 0 aliphatic rings. The highest BCUT2D eigenvalue weighted by Crippen LogP contribution is 2.46. The van der Waals surface area contributed by atoms with E-state index in [1.165, 1.54) is 0 Å². The Balaban J connectivity index is 1.69. The third-order valence-corrected chi connectivity index (χ3v) is 8.28. The second kappa shape index (κ2) is 12.7.